The molecule has 1 aliphatic heterocycles. The molecule has 0 N–H and O–H groups in total. The molecule has 0 radical (unpaired) electrons. The van der Waals surface area contributed by atoms with Crippen molar-refractivity contribution in [2.45, 2.75) is 51.2 Å². The van der Waals surface area contributed by atoms with E-state index in [9.17, 15) is 4.79 Å². The predicted octanol–water partition coefficient (Wildman–Crippen LogP) is 1.92. The summed E-state index contributed by atoms with van der Waals surface area (Å²) in [7, 11) is 0. The van der Waals surface area contributed by atoms with Crippen LogP contribution in [0.4, 0.5) is 0 Å². The lowest BCUT2D eigenvalue weighted by Gasteiger charge is -1.94. The van der Waals surface area contributed by atoms with Crippen molar-refractivity contribution in [3.8, 4) is 0 Å². The third-order valence-corrected chi connectivity index (χ3v) is 2.10. The van der Waals surface area contributed by atoms with Crippen molar-refractivity contribution in [1.82, 2.24) is 0 Å². The maximum Gasteiger partial charge on any atom is 0.151 e. The van der Waals surface area contributed by atoms with Crippen LogP contribution >= 0.6 is 0 Å². The van der Waals surface area contributed by atoms with E-state index in [4.69, 9.17) is 4.74 Å². The third kappa shape index (κ3) is 3.02. The highest BCUT2D eigenvalue weighted by atomic mass is 16.6. The van der Waals surface area contributed by atoms with E-state index in [1.165, 1.54) is 25.7 Å². The number of hydrogen-bond donors (Lipinski definition) is 0. The van der Waals surface area contributed by atoms with Gasteiger partial charge in [0.05, 0.1) is 6.10 Å². The van der Waals surface area contributed by atoms with Gasteiger partial charge in [0.1, 0.15) is 6.10 Å². The van der Waals surface area contributed by atoms with Crippen molar-refractivity contribution in [2.24, 2.45) is 0 Å². The topological polar surface area (TPSA) is 29.6 Å². The van der Waals surface area contributed by atoms with E-state index < -0.39 is 0 Å². The number of carbonyl (C=O) groups is 1. The van der Waals surface area contributed by atoms with Crippen LogP contribution in [0.2, 0.25) is 0 Å². The summed E-state index contributed by atoms with van der Waals surface area (Å²) in [4.78, 5) is 10.1. The van der Waals surface area contributed by atoms with E-state index in [0.29, 0.717) is 0 Å². The Bertz CT molecular complexity index is 123. The molecule has 0 aromatic rings. The fourth-order valence-electron chi connectivity index (χ4n) is 1.28. The average molecular weight is 156 g/mol. The first kappa shape index (κ1) is 8.72. The Balaban J connectivity index is 1.85. The van der Waals surface area contributed by atoms with Gasteiger partial charge in [0.15, 0.2) is 6.29 Å². The second kappa shape index (κ2) is 4.50. The second-order valence-corrected chi connectivity index (χ2v) is 3.12. The van der Waals surface area contributed by atoms with Gasteiger partial charge >= 0.3 is 0 Å². The number of epoxide rings is 1. The summed E-state index contributed by atoms with van der Waals surface area (Å²) in [6.07, 6.45) is 7.25. The molecule has 2 heteroatoms. The molecule has 2 nitrogen and oxygen atoms in total. The molecule has 0 aromatic carbocycles. The van der Waals surface area contributed by atoms with E-state index in [-0.39, 0.29) is 12.2 Å². The minimum Gasteiger partial charge on any atom is -0.362 e. The molecular formula is C9H16O2. The van der Waals surface area contributed by atoms with Gasteiger partial charge < -0.3 is 9.53 Å². The fraction of sp³-hybridized carbons (Fsp3) is 0.889. The Kier molecular flexibility index (Phi) is 3.57. The van der Waals surface area contributed by atoms with Crippen LogP contribution in [0, 0.1) is 0 Å². The number of aldehydes is 1. The first-order valence-electron chi connectivity index (χ1n) is 4.49. The van der Waals surface area contributed by atoms with Gasteiger partial charge in [-0.3, -0.25) is 0 Å². The first-order chi connectivity index (χ1) is 5.38. The molecule has 0 aromatic heterocycles. The van der Waals surface area contributed by atoms with Crippen LogP contribution in [-0.4, -0.2) is 18.5 Å². The normalized spacial score (nSPS) is 28.5. The molecular weight excluding hydrogens is 140 g/mol. The highest BCUT2D eigenvalue weighted by Gasteiger charge is 2.37. The maximum absolute atomic E-state index is 10.1. The fourth-order valence-corrected chi connectivity index (χ4v) is 1.28. The minimum atomic E-state index is -0.0587. The molecule has 1 fully saturated rings. The van der Waals surface area contributed by atoms with E-state index in [2.05, 4.69) is 6.92 Å². The summed E-state index contributed by atoms with van der Waals surface area (Å²) in [5, 5.41) is 0. The van der Waals surface area contributed by atoms with Crippen molar-refractivity contribution in [2.75, 3.05) is 0 Å². The van der Waals surface area contributed by atoms with Gasteiger partial charge in [0, 0.05) is 0 Å². The van der Waals surface area contributed by atoms with Crippen LogP contribution in [-0.2, 0) is 9.53 Å². The first-order valence-corrected chi connectivity index (χ1v) is 4.49. The highest BCUT2D eigenvalue weighted by molar-refractivity contribution is 5.60. The van der Waals surface area contributed by atoms with Crippen LogP contribution in [0.15, 0.2) is 0 Å². The Morgan fingerprint density at radius 3 is 2.73 bits per heavy atom. The lowest BCUT2D eigenvalue weighted by Crippen LogP contribution is -1.94. The monoisotopic (exact) mass is 156 g/mol. The molecule has 1 rings (SSSR count). The smallest absolute Gasteiger partial charge is 0.151 e. The van der Waals surface area contributed by atoms with E-state index in [1.54, 1.807) is 0 Å². The van der Waals surface area contributed by atoms with Crippen molar-refractivity contribution < 1.29 is 9.53 Å². The zero-order valence-electron chi connectivity index (χ0n) is 7.08. The number of rotatable bonds is 6. The summed E-state index contributed by atoms with van der Waals surface area (Å²) < 4.78 is 5.08. The molecule has 0 spiro atoms. The van der Waals surface area contributed by atoms with Gasteiger partial charge in [-0.2, -0.15) is 0 Å². The molecule has 64 valence electrons. The number of ether oxygens (including phenoxy) is 1. The molecule has 1 heterocycles. The number of unbranched alkanes of at least 4 members (excludes halogenated alkanes) is 3. The molecule has 0 saturated carbocycles. The van der Waals surface area contributed by atoms with Crippen LogP contribution in [0.5, 0.6) is 0 Å². The van der Waals surface area contributed by atoms with Gasteiger partial charge in [-0.1, -0.05) is 32.6 Å². The average Bonchev–Trinajstić information content (AvgIpc) is 2.77. The lowest BCUT2D eigenvalue weighted by atomic mass is 10.1. The second-order valence-electron chi connectivity index (χ2n) is 3.12. The zero-order chi connectivity index (χ0) is 8.10. The summed E-state index contributed by atoms with van der Waals surface area (Å²) in [5.41, 5.74) is 0. The Morgan fingerprint density at radius 2 is 2.18 bits per heavy atom. The van der Waals surface area contributed by atoms with Crippen molar-refractivity contribution >= 4 is 6.29 Å². The molecule has 1 aliphatic rings. The van der Waals surface area contributed by atoms with Gasteiger partial charge in [-0.15, -0.1) is 0 Å². The summed E-state index contributed by atoms with van der Waals surface area (Å²) in [5.74, 6) is 0. The van der Waals surface area contributed by atoms with Crippen molar-refractivity contribution in [3.63, 3.8) is 0 Å². The van der Waals surface area contributed by atoms with E-state index in [0.717, 1.165) is 12.7 Å². The third-order valence-electron chi connectivity index (χ3n) is 2.10. The van der Waals surface area contributed by atoms with Crippen LogP contribution < -0.4 is 0 Å². The van der Waals surface area contributed by atoms with Crippen molar-refractivity contribution in [3.05, 3.63) is 0 Å². The molecule has 0 aliphatic carbocycles. The quantitative estimate of drug-likeness (QED) is 0.334. The molecule has 1 unspecified atom stereocenters. The number of hydrogen-bond acceptors (Lipinski definition) is 2. The van der Waals surface area contributed by atoms with Crippen LogP contribution in [0.3, 0.4) is 0 Å². The van der Waals surface area contributed by atoms with Crippen LogP contribution in [0.1, 0.15) is 39.0 Å². The Labute approximate surface area is 67.9 Å². The number of carbonyl (C=O) groups excluding carboxylic acids is 1. The maximum atomic E-state index is 10.1. The zero-order valence-corrected chi connectivity index (χ0v) is 7.08. The van der Waals surface area contributed by atoms with Gasteiger partial charge in [-0.05, 0) is 6.42 Å². The summed E-state index contributed by atoms with van der Waals surface area (Å²) in [6.45, 7) is 2.20. The summed E-state index contributed by atoms with van der Waals surface area (Å²) in [6, 6.07) is 0. The van der Waals surface area contributed by atoms with Crippen LogP contribution in [0.25, 0.3) is 0 Å². The molecule has 0 amide bonds. The van der Waals surface area contributed by atoms with E-state index >= 15 is 0 Å². The predicted molar refractivity (Wildman–Crippen MR) is 43.5 cm³/mol. The Morgan fingerprint density at radius 1 is 1.36 bits per heavy atom. The molecule has 11 heavy (non-hydrogen) atoms. The molecule has 0 bridgehead atoms. The summed E-state index contributed by atoms with van der Waals surface area (Å²) >= 11 is 0. The van der Waals surface area contributed by atoms with Gasteiger partial charge in [0.25, 0.3) is 0 Å². The van der Waals surface area contributed by atoms with Gasteiger partial charge in [-0.25, -0.2) is 0 Å². The lowest BCUT2D eigenvalue weighted by molar-refractivity contribution is -0.108. The van der Waals surface area contributed by atoms with E-state index in [1.807, 2.05) is 0 Å². The highest BCUT2D eigenvalue weighted by Crippen LogP contribution is 2.25. The SMILES string of the molecule is CCCCCCC1O[C@H]1C=O. The standard InChI is InChI=1S/C9H16O2/c1-2-3-4-5-6-8-9(7-10)11-8/h7-9H,2-6H2,1H3/t8?,9-/m0/s1. The largest absolute Gasteiger partial charge is 0.362 e. The Hall–Kier alpha value is -0.370. The minimum absolute atomic E-state index is 0.0587. The molecule has 2 atom stereocenters. The molecule has 1 saturated heterocycles. The van der Waals surface area contributed by atoms with Gasteiger partial charge in [0.2, 0.25) is 0 Å². The van der Waals surface area contributed by atoms with Crippen molar-refractivity contribution in [1.29, 1.82) is 0 Å².